The molecule has 0 aliphatic heterocycles. The van der Waals surface area contributed by atoms with Gasteiger partial charge in [0.2, 0.25) is 15.9 Å². The number of amides is 2. The van der Waals surface area contributed by atoms with Gasteiger partial charge in [-0.3, -0.25) is 9.59 Å². The molecule has 0 spiro atoms. The summed E-state index contributed by atoms with van der Waals surface area (Å²) in [6.07, 6.45) is 1.77. The summed E-state index contributed by atoms with van der Waals surface area (Å²) < 4.78 is 26.3. The standard InChI is InChI=1S/C14H25N5O4S/c1-9(2)11(15)4-5-19(3)13(20)8-18-24(22,23)10-6-12(14(16)21)17-7-10/h6-7,9,11,17-18H,4-5,8,15H2,1-3H3,(H2,16,21). The molecule has 1 rings (SSSR count). The van der Waals surface area contributed by atoms with E-state index in [9.17, 15) is 18.0 Å². The van der Waals surface area contributed by atoms with Crippen LogP contribution in [0.5, 0.6) is 0 Å². The lowest BCUT2D eigenvalue weighted by molar-refractivity contribution is -0.128. The number of primary amides is 1. The summed E-state index contributed by atoms with van der Waals surface area (Å²) in [5.41, 5.74) is 10.9. The average molecular weight is 359 g/mol. The average Bonchev–Trinajstić information content (AvgIpc) is 3.00. The van der Waals surface area contributed by atoms with Crippen molar-refractivity contribution < 1.29 is 18.0 Å². The van der Waals surface area contributed by atoms with E-state index in [0.717, 1.165) is 12.3 Å². The topological polar surface area (TPSA) is 151 Å². The number of carbonyl (C=O) groups is 2. The lowest BCUT2D eigenvalue weighted by Crippen LogP contribution is -2.40. The zero-order valence-corrected chi connectivity index (χ0v) is 14.9. The number of nitrogens with zero attached hydrogens (tertiary/aromatic N) is 1. The predicted octanol–water partition coefficient (Wildman–Crippen LogP) is -0.776. The van der Waals surface area contributed by atoms with Crippen molar-refractivity contribution in [2.45, 2.75) is 31.2 Å². The Balaban J connectivity index is 2.56. The third-order valence-electron chi connectivity index (χ3n) is 3.73. The van der Waals surface area contributed by atoms with Crippen molar-refractivity contribution in [3.05, 3.63) is 18.0 Å². The molecule has 24 heavy (non-hydrogen) atoms. The first-order valence-corrected chi connectivity index (χ1v) is 9.00. The van der Waals surface area contributed by atoms with Crippen LogP contribution in [0, 0.1) is 5.92 Å². The zero-order valence-electron chi connectivity index (χ0n) is 14.1. The molecule has 0 fully saturated rings. The number of H-pyrrole nitrogens is 1. The van der Waals surface area contributed by atoms with E-state index in [2.05, 4.69) is 9.71 Å². The molecule has 6 N–H and O–H groups in total. The summed E-state index contributed by atoms with van der Waals surface area (Å²) in [5, 5.41) is 0. The van der Waals surface area contributed by atoms with E-state index in [1.54, 1.807) is 7.05 Å². The number of hydrogen-bond acceptors (Lipinski definition) is 5. The number of aromatic nitrogens is 1. The number of likely N-dealkylation sites (N-methyl/N-ethyl adjacent to an activating group) is 1. The second-order valence-corrected chi connectivity index (χ2v) is 7.72. The molecule has 136 valence electrons. The molecule has 1 heterocycles. The Hall–Kier alpha value is -1.91. The Morgan fingerprint density at radius 1 is 1.38 bits per heavy atom. The van der Waals surface area contributed by atoms with E-state index in [4.69, 9.17) is 11.5 Å². The molecule has 1 aromatic heterocycles. The van der Waals surface area contributed by atoms with Crippen LogP contribution < -0.4 is 16.2 Å². The van der Waals surface area contributed by atoms with Crippen LogP contribution in [0.15, 0.2) is 17.2 Å². The SMILES string of the molecule is CC(C)C(N)CCN(C)C(=O)CNS(=O)(=O)c1c[nH]c(C(N)=O)c1. The van der Waals surface area contributed by atoms with Crippen molar-refractivity contribution in [3.8, 4) is 0 Å². The maximum absolute atomic E-state index is 12.1. The van der Waals surface area contributed by atoms with Crippen LogP contribution in [0.1, 0.15) is 30.8 Å². The molecule has 9 nitrogen and oxygen atoms in total. The highest BCUT2D eigenvalue weighted by Crippen LogP contribution is 2.10. The second kappa shape index (κ2) is 8.27. The molecule has 0 aliphatic carbocycles. The Labute approximate surface area is 141 Å². The van der Waals surface area contributed by atoms with Crippen molar-refractivity contribution in [1.29, 1.82) is 0 Å². The van der Waals surface area contributed by atoms with Crippen LogP contribution >= 0.6 is 0 Å². The number of aromatic amines is 1. The van der Waals surface area contributed by atoms with Gasteiger partial charge in [0.1, 0.15) is 10.6 Å². The fourth-order valence-corrected chi connectivity index (χ4v) is 2.81. The number of carbonyl (C=O) groups excluding carboxylic acids is 2. The van der Waals surface area contributed by atoms with Crippen molar-refractivity contribution >= 4 is 21.8 Å². The van der Waals surface area contributed by atoms with Crippen LogP contribution in [0.4, 0.5) is 0 Å². The van der Waals surface area contributed by atoms with Gasteiger partial charge in [-0.25, -0.2) is 13.1 Å². The Morgan fingerprint density at radius 3 is 2.50 bits per heavy atom. The van der Waals surface area contributed by atoms with Crippen LogP contribution in [0.3, 0.4) is 0 Å². The number of nitrogens with two attached hydrogens (primary N) is 2. The van der Waals surface area contributed by atoms with Crippen LogP contribution in [-0.2, 0) is 14.8 Å². The monoisotopic (exact) mass is 359 g/mol. The zero-order chi connectivity index (χ0) is 18.5. The van der Waals surface area contributed by atoms with E-state index in [1.807, 2.05) is 13.8 Å². The van der Waals surface area contributed by atoms with Crippen molar-refractivity contribution in [2.24, 2.45) is 17.4 Å². The van der Waals surface area contributed by atoms with Crippen LogP contribution in [-0.4, -0.2) is 56.3 Å². The minimum Gasteiger partial charge on any atom is -0.364 e. The van der Waals surface area contributed by atoms with Crippen molar-refractivity contribution in [1.82, 2.24) is 14.6 Å². The third kappa shape index (κ3) is 5.62. The molecule has 10 heteroatoms. The molecule has 0 aliphatic rings. The highest BCUT2D eigenvalue weighted by Gasteiger charge is 2.20. The van der Waals surface area contributed by atoms with E-state index in [-0.39, 0.29) is 29.1 Å². The van der Waals surface area contributed by atoms with E-state index in [1.165, 1.54) is 4.90 Å². The first kappa shape index (κ1) is 20.1. The lowest BCUT2D eigenvalue weighted by atomic mass is 10.0. The molecule has 1 atom stereocenters. The molecular formula is C14H25N5O4S. The first-order valence-electron chi connectivity index (χ1n) is 7.52. The summed E-state index contributed by atoms with van der Waals surface area (Å²) in [6, 6.07) is 1.09. The Morgan fingerprint density at radius 2 is 2.00 bits per heavy atom. The quantitative estimate of drug-likeness (QED) is 0.456. The Bertz CT molecular complexity index is 683. The van der Waals surface area contributed by atoms with E-state index < -0.39 is 15.9 Å². The van der Waals surface area contributed by atoms with Gasteiger partial charge in [-0.15, -0.1) is 0 Å². The van der Waals surface area contributed by atoms with E-state index >= 15 is 0 Å². The van der Waals surface area contributed by atoms with Crippen molar-refractivity contribution in [3.63, 3.8) is 0 Å². The number of hydrogen-bond donors (Lipinski definition) is 4. The highest BCUT2D eigenvalue weighted by molar-refractivity contribution is 7.89. The maximum Gasteiger partial charge on any atom is 0.265 e. The molecule has 2 amide bonds. The maximum atomic E-state index is 12.1. The third-order valence-corrected chi connectivity index (χ3v) is 5.11. The smallest absolute Gasteiger partial charge is 0.265 e. The molecule has 0 saturated heterocycles. The predicted molar refractivity (Wildman–Crippen MR) is 89.6 cm³/mol. The largest absolute Gasteiger partial charge is 0.364 e. The number of sulfonamides is 1. The molecule has 1 unspecified atom stereocenters. The molecule has 0 radical (unpaired) electrons. The summed E-state index contributed by atoms with van der Waals surface area (Å²) in [7, 11) is -2.32. The second-order valence-electron chi connectivity index (χ2n) is 5.95. The summed E-state index contributed by atoms with van der Waals surface area (Å²) in [4.78, 5) is 26.7. The fourth-order valence-electron chi connectivity index (χ4n) is 1.85. The number of rotatable bonds is 9. The normalized spacial score (nSPS) is 13.0. The van der Waals surface area contributed by atoms with Gasteiger partial charge in [-0.1, -0.05) is 13.8 Å². The van der Waals surface area contributed by atoms with Gasteiger partial charge in [-0.05, 0) is 18.4 Å². The van der Waals surface area contributed by atoms with Gasteiger partial charge in [0.25, 0.3) is 5.91 Å². The van der Waals surface area contributed by atoms with Crippen LogP contribution in [0.2, 0.25) is 0 Å². The molecule has 0 bridgehead atoms. The highest BCUT2D eigenvalue weighted by atomic mass is 32.2. The van der Waals surface area contributed by atoms with Gasteiger partial charge in [-0.2, -0.15) is 0 Å². The van der Waals surface area contributed by atoms with Gasteiger partial charge >= 0.3 is 0 Å². The fraction of sp³-hybridized carbons (Fsp3) is 0.571. The molecule has 1 aromatic rings. The number of nitrogens with one attached hydrogen (secondary N) is 2. The summed E-state index contributed by atoms with van der Waals surface area (Å²) >= 11 is 0. The summed E-state index contributed by atoms with van der Waals surface area (Å²) in [5.74, 6) is -0.839. The lowest BCUT2D eigenvalue weighted by Gasteiger charge is -2.21. The van der Waals surface area contributed by atoms with Crippen LogP contribution in [0.25, 0.3) is 0 Å². The first-order chi connectivity index (χ1) is 11.0. The minimum atomic E-state index is -3.91. The van der Waals surface area contributed by atoms with Gasteiger partial charge in [0, 0.05) is 25.8 Å². The summed E-state index contributed by atoms with van der Waals surface area (Å²) in [6.45, 7) is 4.05. The molecule has 0 saturated carbocycles. The van der Waals surface area contributed by atoms with E-state index in [0.29, 0.717) is 18.9 Å². The van der Waals surface area contributed by atoms with Crippen molar-refractivity contribution in [2.75, 3.05) is 20.1 Å². The van der Waals surface area contributed by atoms with Gasteiger partial charge in [0.05, 0.1) is 6.54 Å². The van der Waals surface area contributed by atoms with Gasteiger partial charge in [0.15, 0.2) is 0 Å². The molecular weight excluding hydrogens is 334 g/mol. The van der Waals surface area contributed by atoms with Gasteiger partial charge < -0.3 is 21.4 Å². The Kier molecular flexibility index (Phi) is 6.93. The molecule has 0 aromatic carbocycles. The minimum absolute atomic E-state index is 0.0241.